The highest BCUT2D eigenvalue weighted by atomic mass is 35.5. The van der Waals surface area contributed by atoms with Gasteiger partial charge in [0.05, 0.1) is 17.8 Å². The summed E-state index contributed by atoms with van der Waals surface area (Å²) in [6.07, 6.45) is 0.994. The number of aliphatic hydroxyl groups is 1. The second kappa shape index (κ2) is 9.81. The van der Waals surface area contributed by atoms with E-state index in [1.54, 1.807) is 18.4 Å². The van der Waals surface area contributed by atoms with Crippen molar-refractivity contribution in [3.05, 3.63) is 101 Å². The van der Waals surface area contributed by atoms with Crippen molar-refractivity contribution in [2.45, 2.75) is 19.2 Å². The highest BCUT2D eigenvalue weighted by molar-refractivity contribution is 6.32. The molecule has 1 unspecified atom stereocenters. The number of fused-ring (bicyclic) bond motifs is 1. The van der Waals surface area contributed by atoms with E-state index >= 15 is 0 Å². The van der Waals surface area contributed by atoms with Gasteiger partial charge in [0.1, 0.15) is 24.2 Å². The van der Waals surface area contributed by atoms with E-state index in [1.165, 1.54) is 16.3 Å². The molecular weight excluding hydrogens is 398 g/mol. The maximum atomic E-state index is 10.7. The van der Waals surface area contributed by atoms with E-state index in [2.05, 4.69) is 41.3 Å². The van der Waals surface area contributed by atoms with Crippen molar-refractivity contribution in [2.75, 3.05) is 13.2 Å². The van der Waals surface area contributed by atoms with E-state index in [-0.39, 0.29) is 6.61 Å². The summed E-state index contributed by atoms with van der Waals surface area (Å²) in [5.41, 5.74) is 1.21. The van der Waals surface area contributed by atoms with E-state index in [1.807, 2.05) is 30.3 Å². The summed E-state index contributed by atoms with van der Waals surface area (Å²) >= 11 is 6.14. The smallest absolute Gasteiger partial charge is 0.138 e. The number of hydrogen-bond donors (Lipinski definition) is 1. The van der Waals surface area contributed by atoms with Crippen LogP contribution in [0, 0.1) is 0 Å². The van der Waals surface area contributed by atoms with Gasteiger partial charge in [-0.15, -0.1) is 0 Å². The Bertz CT molecular complexity index is 1080. The zero-order chi connectivity index (χ0) is 20.8. The lowest BCUT2D eigenvalue weighted by Gasteiger charge is -2.25. The van der Waals surface area contributed by atoms with E-state index in [0.717, 1.165) is 5.76 Å². The van der Waals surface area contributed by atoms with Crippen molar-refractivity contribution in [1.82, 2.24) is 4.90 Å². The lowest BCUT2D eigenvalue weighted by molar-refractivity contribution is 0.0606. The van der Waals surface area contributed by atoms with Gasteiger partial charge in [-0.3, -0.25) is 4.90 Å². The molecule has 0 aliphatic rings. The molecule has 4 aromatic rings. The summed E-state index contributed by atoms with van der Waals surface area (Å²) in [5.74, 6) is 1.43. The molecule has 1 N–H and O–H groups in total. The van der Waals surface area contributed by atoms with Crippen LogP contribution in [0.3, 0.4) is 0 Å². The van der Waals surface area contributed by atoms with Crippen molar-refractivity contribution in [2.24, 2.45) is 0 Å². The molecule has 3 aromatic carbocycles. The molecule has 1 heterocycles. The van der Waals surface area contributed by atoms with Crippen molar-refractivity contribution >= 4 is 22.4 Å². The number of para-hydroxylation sites is 1. The number of rotatable bonds is 9. The van der Waals surface area contributed by atoms with E-state index in [9.17, 15) is 5.11 Å². The summed E-state index contributed by atoms with van der Waals surface area (Å²) in [6, 6.07) is 25.8. The van der Waals surface area contributed by atoms with Crippen LogP contribution >= 0.6 is 11.6 Å². The molecule has 30 heavy (non-hydrogen) atoms. The molecule has 1 aromatic heterocycles. The summed E-state index contributed by atoms with van der Waals surface area (Å²) in [6.45, 7) is 1.88. The highest BCUT2D eigenvalue weighted by Gasteiger charge is 2.16. The maximum absolute atomic E-state index is 10.7. The third-order valence-corrected chi connectivity index (χ3v) is 5.28. The van der Waals surface area contributed by atoms with E-state index < -0.39 is 6.10 Å². The minimum Gasteiger partial charge on any atom is -0.489 e. The first kappa shape index (κ1) is 20.5. The molecule has 0 saturated heterocycles. The lowest BCUT2D eigenvalue weighted by Crippen LogP contribution is -2.35. The van der Waals surface area contributed by atoms with Gasteiger partial charge in [0.2, 0.25) is 0 Å². The van der Waals surface area contributed by atoms with Gasteiger partial charge in [0.15, 0.2) is 0 Å². The number of aliphatic hydroxyl groups excluding tert-OH is 1. The Labute approximate surface area is 181 Å². The van der Waals surface area contributed by atoms with Crippen LogP contribution in [0.15, 0.2) is 89.5 Å². The Hall–Kier alpha value is -2.79. The fourth-order valence-electron chi connectivity index (χ4n) is 3.58. The minimum absolute atomic E-state index is 0.161. The van der Waals surface area contributed by atoms with Crippen LogP contribution < -0.4 is 4.74 Å². The zero-order valence-electron chi connectivity index (χ0n) is 16.6. The molecule has 0 bridgehead atoms. The monoisotopic (exact) mass is 421 g/mol. The Morgan fingerprint density at radius 2 is 1.70 bits per heavy atom. The average molecular weight is 422 g/mol. The Morgan fingerprint density at radius 3 is 2.53 bits per heavy atom. The fourth-order valence-corrected chi connectivity index (χ4v) is 3.77. The predicted octanol–water partition coefficient (Wildman–Crippen LogP) is 5.53. The topological polar surface area (TPSA) is 45.8 Å². The molecule has 0 saturated carbocycles. The van der Waals surface area contributed by atoms with Crippen LogP contribution in [0.25, 0.3) is 10.8 Å². The number of halogens is 1. The maximum Gasteiger partial charge on any atom is 0.138 e. The fraction of sp³-hybridized carbons (Fsp3) is 0.200. The van der Waals surface area contributed by atoms with Crippen molar-refractivity contribution in [3.63, 3.8) is 0 Å². The van der Waals surface area contributed by atoms with E-state index in [4.69, 9.17) is 20.8 Å². The first-order chi connectivity index (χ1) is 14.7. The number of ether oxygens (including phenoxy) is 1. The minimum atomic E-state index is -0.675. The number of benzene rings is 3. The predicted molar refractivity (Wildman–Crippen MR) is 120 cm³/mol. The molecule has 0 aliphatic carbocycles. The number of hydrogen-bond acceptors (Lipinski definition) is 4. The normalized spacial score (nSPS) is 12.4. The molecule has 5 heteroatoms. The molecule has 0 fully saturated rings. The van der Waals surface area contributed by atoms with Crippen LogP contribution in [0.2, 0.25) is 5.02 Å². The molecule has 0 aliphatic heterocycles. The molecule has 154 valence electrons. The van der Waals surface area contributed by atoms with Crippen LogP contribution in [-0.2, 0) is 13.1 Å². The van der Waals surface area contributed by atoms with Crippen molar-refractivity contribution in [1.29, 1.82) is 0 Å². The summed E-state index contributed by atoms with van der Waals surface area (Å²) in [7, 11) is 0. The van der Waals surface area contributed by atoms with Gasteiger partial charge in [-0.1, -0.05) is 66.2 Å². The molecule has 4 rings (SSSR count). The highest BCUT2D eigenvalue weighted by Crippen LogP contribution is 2.24. The van der Waals surface area contributed by atoms with Gasteiger partial charge in [-0.25, -0.2) is 0 Å². The van der Waals surface area contributed by atoms with Crippen LogP contribution in [0.1, 0.15) is 11.3 Å². The molecule has 0 spiro atoms. The van der Waals surface area contributed by atoms with Crippen molar-refractivity contribution < 1.29 is 14.3 Å². The third kappa shape index (κ3) is 5.22. The van der Waals surface area contributed by atoms with Crippen LogP contribution in [0.5, 0.6) is 5.75 Å². The van der Waals surface area contributed by atoms with Crippen LogP contribution in [0.4, 0.5) is 0 Å². The summed E-state index contributed by atoms with van der Waals surface area (Å²) in [4.78, 5) is 2.17. The Kier molecular flexibility index (Phi) is 6.70. The molecule has 1 atom stereocenters. The third-order valence-electron chi connectivity index (χ3n) is 4.97. The number of nitrogens with zero attached hydrogens (tertiary/aromatic N) is 1. The standard InChI is InChI=1S/C25H24ClNO3/c26-24-12-3-4-13-25(24)30-18-21(28)16-27(17-22-10-6-14-29-22)15-20-9-5-8-19-7-1-2-11-23(19)20/h1-14,21,28H,15-18H2. The van der Waals surface area contributed by atoms with Crippen LogP contribution in [-0.4, -0.2) is 29.3 Å². The summed E-state index contributed by atoms with van der Waals surface area (Å²) in [5, 5.41) is 13.6. The molecule has 0 radical (unpaired) electrons. The van der Waals surface area contributed by atoms with Gasteiger partial charge in [0.25, 0.3) is 0 Å². The Balaban J connectivity index is 1.47. The lowest BCUT2D eigenvalue weighted by atomic mass is 10.0. The van der Waals surface area contributed by atoms with Gasteiger partial charge in [0, 0.05) is 13.1 Å². The first-order valence-corrected chi connectivity index (χ1v) is 10.3. The van der Waals surface area contributed by atoms with E-state index in [0.29, 0.717) is 30.4 Å². The largest absolute Gasteiger partial charge is 0.489 e. The van der Waals surface area contributed by atoms with Gasteiger partial charge >= 0.3 is 0 Å². The summed E-state index contributed by atoms with van der Waals surface area (Å²) < 4.78 is 11.3. The second-order valence-electron chi connectivity index (χ2n) is 7.28. The molecular formula is C25H24ClNO3. The Morgan fingerprint density at radius 1 is 0.900 bits per heavy atom. The quantitative estimate of drug-likeness (QED) is 0.386. The zero-order valence-corrected chi connectivity index (χ0v) is 17.3. The number of furan rings is 1. The van der Waals surface area contributed by atoms with Crippen molar-refractivity contribution in [3.8, 4) is 5.75 Å². The molecule has 0 amide bonds. The van der Waals surface area contributed by atoms with Gasteiger partial charge < -0.3 is 14.3 Å². The SMILES string of the molecule is OC(COc1ccccc1Cl)CN(Cc1ccco1)Cc1cccc2ccccc12. The van der Waals surface area contributed by atoms with Gasteiger partial charge in [-0.05, 0) is 40.6 Å². The average Bonchev–Trinajstić information content (AvgIpc) is 3.26. The van der Waals surface area contributed by atoms with Gasteiger partial charge in [-0.2, -0.15) is 0 Å². The first-order valence-electron chi connectivity index (χ1n) is 9.96. The molecule has 4 nitrogen and oxygen atoms in total. The second-order valence-corrected chi connectivity index (χ2v) is 7.69.